The van der Waals surface area contributed by atoms with E-state index in [1.165, 1.54) is 6.26 Å². The molecule has 33 heavy (non-hydrogen) atoms. The molecule has 7 heteroatoms. The Balaban J connectivity index is 1.56. The van der Waals surface area contributed by atoms with Gasteiger partial charge in [-0.05, 0) is 61.1 Å². The van der Waals surface area contributed by atoms with Gasteiger partial charge in [-0.3, -0.25) is 4.79 Å². The topological polar surface area (TPSA) is 72.5 Å². The van der Waals surface area contributed by atoms with Crippen LogP contribution < -0.4 is 5.32 Å². The number of hydrogen-bond donors (Lipinski definition) is 1. The van der Waals surface area contributed by atoms with Gasteiger partial charge in [-0.2, -0.15) is 0 Å². The van der Waals surface area contributed by atoms with Crippen LogP contribution in [-0.4, -0.2) is 32.2 Å². The van der Waals surface area contributed by atoms with Crippen LogP contribution in [0.25, 0.3) is 0 Å². The lowest BCUT2D eigenvalue weighted by atomic mass is 9.66. The van der Waals surface area contributed by atoms with E-state index >= 15 is 0 Å². The molecule has 1 amide bonds. The molecule has 2 aliphatic rings. The van der Waals surface area contributed by atoms with Crippen molar-refractivity contribution in [3.05, 3.63) is 64.7 Å². The zero-order chi connectivity index (χ0) is 23.8. The average molecular weight is 490 g/mol. The Hall–Kier alpha value is -1.89. The van der Waals surface area contributed by atoms with Gasteiger partial charge in [0.05, 0.1) is 23.5 Å². The molecule has 1 heterocycles. The van der Waals surface area contributed by atoms with Gasteiger partial charge in [0, 0.05) is 29.2 Å². The van der Waals surface area contributed by atoms with Gasteiger partial charge in [0.25, 0.3) is 0 Å². The van der Waals surface area contributed by atoms with E-state index in [1.807, 2.05) is 24.3 Å². The maximum absolute atomic E-state index is 13.1. The van der Waals surface area contributed by atoms with Crippen molar-refractivity contribution in [1.29, 1.82) is 0 Å². The van der Waals surface area contributed by atoms with Gasteiger partial charge in [-0.15, -0.1) is 0 Å². The number of carbonyl (C=O) groups is 1. The lowest BCUT2D eigenvalue weighted by molar-refractivity contribution is -0.153. The molecule has 0 aromatic heterocycles. The average Bonchev–Trinajstić information content (AvgIpc) is 2.74. The number of amides is 1. The highest BCUT2D eigenvalue weighted by molar-refractivity contribution is 7.90. The Morgan fingerprint density at radius 3 is 2.42 bits per heavy atom. The fraction of sp³-hybridized carbons (Fsp3) is 0.500. The third-order valence-corrected chi connectivity index (χ3v) is 8.58. The quantitative estimate of drug-likeness (QED) is 0.632. The molecule has 2 aromatic rings. The predicted molar refractivity (Wildman–Crippen MR) is 130 cm³/mol. The van der Waals surface area contributed by atoms with Crippen molar-refractivity contribution < 1.29 is 17.9 Å². The standard InChI is InChI=1S/C26H32ClNO4S/c1-17-4-13-22-23(14-17)32-24(19-7-11-21(12-8-19)33(3,30)31)16-26(22,2)28-25(29)15-18-5-9-20(27)10-6-18/h5-12,17,22-24H,4,13-16H2,1-3H3,(H,28,29)/t17-,22-,23-,24-,26-/m0/s1. The Labute approximate surface area is 201 Å². The number of nitrogens with one attached hydrogen (secondary N) is 1. The summed E-state index contributed by atoms with van der Waals surface area (Å²) in [4.78, 5) is 13.4. The maximum Gasteiger partial charge on any atom is 0.224 e. The van der Waals surface area contributed by atoms with Crippen molar-refractivity contribution in [1.82, 2.24) is 5.32 Å². The molecule has 0 radical (unpaired) electrons. The summed E-state index contributed by atoms with van der Waals surface area (Å²) < 4.78 is 30.3. The highest BCUT2D eigenvalue weighted by atomic mass is 35.5. The molecule has 1 aliphatic heterocycles. The van der Waals surface area contributed by atoms with Crippen LogP contribution >= 0.6 is 11.6 Å². The second-order valence-corrected chi connectivity index (χ2v) is 12.5. The van der Waals surface area contributed by atoms with Crippen LogP contribution in [0.15, 0.2) is 53.4 Å². The molecular formula is C26H32ClNO4S. The number of halogens is 1. The number of benzene rings is 2. The summed E-state index contributed by atoms with van der Waals surface area (Å²) in [6.07, 6.45) is 5.12. The zero-order valence-corrected chi connectivity index (χ0v) is 21.0. The van der Waals surface area contributed by atoms with E-state index < -0.39 is 15.4 Å². The lowest BCUT2D eigenvalue weighted by Gasteiger charge is -2.52. The highest BCUT2D eigenvalue weighted by Gasteiger charge is 2.49. The summed E-state index contributed by atoms with van der Waals surface area (Å²) >= 11 is 5.98. The predicted octanol–water partition coefficient (Wildman–Crippen LogP) is 5.13. The molecule has 5 atom stereocenters. The van der Waals surface area contributed by atoms with E-state index in [0.29, 0.717) is 28.7 Å². The summed E-state index contributed by atoms with van der Waals surface area (Å²) in [6, 6.07) is 14.3. The van der Waals surface area contributed by atoms with Crippen molar-refractivity contribution in [3.8, 4) is 0 Å². The normalized spacial score (nSPS) is 29.8. The number of sulfone groups is 1. The highest BCUT2D eigenvalue weighted by Crippen LogP contribution is 2.48. The first kappa shape index (κ1) is 24.2. The molecule has 1 aliphatic carbocycles. The molecule has 2 fully saturated rings. The van der Waals surface area contributed by atoms with Crippen LogP contribution in [0.2, 0.25) is 5.02 Å². The molecule has 2 aromatic carbocycles. The molecular weight excluding hydrogens is 458 g/mol. The SMILES string of the molecule is C[C@H]1CC[C@H]2[C@H](C1)O[C@H](c1ccc(S(C)(=O)=O)cc1)C[C@]2(C)NC(=O)Cc1ccc(Cl)cc1. The number of rotatable bonds is 5. The van der Waals surface area contributed by atoms with E-state index in [4.69, 9.17) is 16.3 Å². The summed E-state index contributed by atoms with van der Waals surface area (Å²) in [5, 5.41) is 4.01. The molecule has 1 saturated carbocycles. The van der Waals surface area contributed by atoms with E-state index in [-0.39, 0.29) is 24.0 Å². The van der Waals surface area contributed by atoms with Crippen LogP contribution in [0, 0.1) is 11.8 Å². The number of ether oxygens (including phenoxy) is 1. The summed E-state index contributed by atoms with van der Waals surface area (Å²) in [5.41, 5.74) is 1.46. The summed E-state index contributed by atoms with van der Waals surface area (Å²) in [6.45, 7) is 4.39. The summed E-state index contributed by atoms with van der Waals surface area (Å²) in [7, 11) is -3.25. The second kappa shape index (κ2) is 9.40. The Morgan fingerprint density at radius 1 is 1.12 bits per heavy atom. The summed E-state index contributed by atoms with van der Waals surface area (Å²) in [5.74, 6) is 0.811. The smallest absolute Gasteiger partial charge is 0.224 e. The Kier molecular flexibility index (Phi) is 6.90. The third-order valence-electron chi connectivity index (χ3n) is 7.20. The van der Waals surface area contributed by atoms with Crippen LogP contribution in [-0.2, 0) is 25.8 Å². The molecule has 1 N–H and O–H groups in total. The molecule has 5 nitrogen and oxygen atoms in total. The van der Waals surface area contributed by atoms with Crippen molar-refractivity contribution in [2.24, 2.45) is 11.8 Å². The minimum Gasteiger partial charge on any atom is -0.370 e. The van der Waals surface area contributed by atoms with E-state index in [0.717, 1.165) is 30.4 Å². The Morgan fingerprint density at radius 2 is 1.79 bits per heavy atom. The second-order valence-electron chi connectivity index (χ2n) is 10.0. The first-order valence-electron chi connectivity index (χ1n) is 11.5. The molecule has 0 unspecified atom stereocenters. The zero-order valence-electron chi connectivity index (χ0n) is 19.4. The lowest BCUT2D eigenvalue weighted by Crippen LogP contribution is -2.60. The fourth-order valence-corrected chi connectivity index (χ4v) is 6.18. The monoisotopic (exact) mass is 489 g/mol. The van der Waals surface area contributed by atoms with Crippen molar-refractivity contribution in [2.75, 3.05) is 6.26 Å². The van der Waals surface area contributed by atoms with Gasteiger partial charge in [0.2, 0.25) is 5.91 Å². The number of fused-ring (bicyclic) bond motifs is 1. The first-order chi connectivity index (χ1) is 15.5. The number of carbonyl (C=O) groups excluding carboxylic acids is 1. The van der Waals surface area contributed by atoms with Crippen molar-refractivity contribution in [2.45, 2.75) is 68.6 Å². The van der Waals surface area contributed by atoms with E-state index in [9.17, 15) is 13.2 Å². The largest absolute Gasteiger partial charge is 0.370 e. The molecule has 178 valence electrons. The minimum absolute atomic E-state index is 0.00901. The first-order valence-corrected chi connectivity index (χ1v) is 13.8. The molecule has 4 rings (SSSR count). The van der Waals surface area contributed by atoms with Gasteiger partial charge in [-0.25, -0.2) is 8.42 Å². The molecule has 0 spiro atoms. The minimum atomic E-state index is -3.25. The molecule has 0 bridgehead atoms. The molecule has 1 saturated heterocycles. The van der Waals surface area contributed by atoms with Crippen molar-refractivity contribution >= 4 is 27.3 Å². The van der Waals surface area contributed by atoms with Crippen LogP contribution in [0.1, 0.15) is 56.8 Å². The van der Waals surface area contributed by atoms with E-state index in [1.54, 1.807) is 24.3 Å². The maximum atomic E-state index is 13.1. The number of hydrogen-bond acceptors (Lipinski definition) is 4. The van der Waals surface area contributed by atoms with E-state index in [2.05, 4.69) is 19.2 Å². The van der Waals surface area contributed by atoms with Gasteiger partial charge in [0.1, 0.15) is 0 Å². The third kappa shape index (κ3) is 5.61. The van der Waals surface area contributed by atoms with Crippen LogP contribution in [0.5, 0.6) is 0 Å². The Bertz CT molecular complexity index is 1100. The van der Waals surface area contributed by atoms with Gasteiger partial charge < -0.3 is 10.1 Å². The van der Waals surface area contributed by atoms with Crippen LogP contribution in [0.4, 0.5) is 0 Å². The van der Waals surface area contributed by atoms with Crippen LogP contribution in [0.3, 0.4) is 0 Å². The fourth-order valence-electron chi connectivity index (χ4n) is 5.42. The van der Waals surface area contributed by atoms with Gasteiger partial charge >= 0.3 is 0 Å². The van der Waals surface area contributed by atoms with Gasteiger partial charge in [0.15, 0.2) is 9.84 Å². The van der Waals surface area contributed by atoms with Crippen molar-refractivity contribution in [3.63, 3.8) is 0 Å². The van der Waals surface area contributed by atoms with Gasteiger partial charge in [-0.1, -0.05) is 49.2 Å².